The van der Waals surface area contributed by atoms with Crippen LogP contribution in [0.1, 0.15) is 44.6 Å². The van der Waals surface area contributed by atoms with E-state index in [2.05, 4.69) is 10.3 Å². The molecule has 0 radical (unpaired) electrons. The van der Waals surface area contributed by atoms with Crippen molar-refractivity contribution in [2.24, 2.45) is 0 Å². The lowest BCUT2D eigenvalue weighted by atomic mass is 10.1. The van der Waals surface area contributed by atoms with Crippen LogP contribution in [0.3, 0.4) is 0 Å². The van der Waals surface area contributed by atoms with Gasteiger partial charge in [0.25, 0.3) is 5.91 Å². The molecule has 5 heteroatoms. The highest BCUT2D eigenvalue weighted by molar-refractivity contribution is 6.02. The molecule has 0 unspecified atom stereocenters. The molecule has 2 N–H and O–H groups in total. The Balaban J connectivity index is 1.89. The van der Waals surface area contributed by atoms with Crippen molar-refractivity contribution in [3.8, 4) is 5.75 Å². The zero-order valence-electron chi connectivity index (χ0n) is 13.9. The molecule has 0 fully saturated rings. The van der Waals surface area contributed by atoms with Gasteiger partial charge in [-0.3, -0.25) is 9.59 Å². The zero-order valence-corrected chi connectivity index (χ0v) is 13.9. The fraction of sp³-hybridized carbons (Fsp3) is 0.333. The average molecular weight is 314 g/mol. The molecule has 122 valence electrons. The smallest absolute Gasteiger partial charge is 0.268 e. The summed E-state index contributed by atoms with van der Waals surface area (Å²) in [6.45, 7) is 7.85. The monoisotopic (exact) mass is 314 g/mol. The number of carbonyl (C=O) groups is 2. The summed E-state index contributed by atoms with van der Waals surface area (Å²) < 4.78 is 5.57. The molecule has 2 rings (SSSR count). The van der Waals surface area contributed by atoms with Gasteiger partial charge in [0.05, 0.1) is 6.54 Å². The van der Waals surface area contributed by atoms with E-state index in [1.54, 1.807) is 13.8 Å². The molecule has 5 nitrogen and oxygen atoms in total. The number of rotatable bonds is 6. The second kappa shape index (κ2) is 7.13. The molecule has 1 aromatic heterocycles. The Morgan fingerprint density at radius 3 is 2.35 bits per heavy atom. The molecule has 0 saturated heterocycles. The molecule has 0 aliphatic carbocycles. The van der Waals surface area contributed by atoms with E-state index in [0.717, 1.165) is 11.4 Å². The minimum absolute atomic E-state index is 0.0435. The second-order valence-corrected chi connectivity index (χ2v) is 5.60. The molecule has 1 amide bonds. The highest BCUT2D eigenvalue weighted by Gasteiger charge is 2.19. The number of hydrogen-bond donors (Lipinski definition) is 2. The van der Waals surface area contributed by atoms with E-state index in [1.165, 1.54) is 12.5 Å². The second-order valence-electron chi connectivity index (χ2n) is 5.60. The summed E-state index contributed by atoms with van der Waals surface area (Å²) in [6.07, 6.45) is 0. The molecule has 1 heterocycles. The number of ether oxygens (including phenoxy) is 1. The summed E-state index contributed by atoms with van der Waals surface area (Å²) in [5.74, 6) is 0.499. The van der Waals surface area contributed by atoms with E-state index >= 15 is 0 Å². The minimum atomic E-state index is -0.231. The number of benzene rings is 1. The lowest BCUT2D eigenvalue weighted by Crippen LogP contribution is -2.28. The molecule has 0 bridgehead atoms. The number of aryl methyl sites for hydroxylation is 2. The van der Waals surface area contributed by atoms with E-state index in [1.807, 2.05) is 31.2 Å². The predicted octanol–water partition coefficient (Wildman–Crippen LogP) is 2.95. The van der Waals surface area contributed by atoms with Crippen molar-refractivity contribution in [2.75, 3.05) is 13.2 Å². The Kier molecular flexibility index (Phi) is 5.21. The SMILES string of the molecule is CC(=O)c1c(C)[nH]c(C(=O)NCCOc2ccc(C)cc2)c1C. The lowest BCUT2D eigenvalue weighted by molar-refractivity contribution is 0.0941. The van der Waals surface area contributed by atoms with Crippen molar-refractivity contribution in [1.29, 1.82) is 0 Å². The molecule has 0 aliphatic heterocycles. The lowest BCUT2D eigenvalue weighted by Gasteiger charge is -2.08. The van der Waals surface area contributed by atoms with Crippen LogP contribution < -0.4 is 10.1 Å². The van der Waals surface area contributed by atoms with E-state index in [4.69, 9.17) is 4.74 Å². The fourth-order valence-electron chi connectivity index (χ4n) is 2.56. The van der Waals surface area contributed by atoms with Gasteiger partial charge in [0.15, 0.2) is 5.78 Å². The fourth-order valence-corrected chi connectivity index (χ4v) is 2.56. The molecule has 0 atom stereocenters. The maximum Gasteiger partial charge on any atom is 0.268 e. The Bertz CT molecular complexity index is 715. The Labute approximate surface area is 136 Å². The van der Waals surface area contributed by atoms with Crippen LogP contribution in [-0.2, 0) is 0 Å². The van der Waals surface area contributed by atoms with Crippen LogP contribution in [0.25, 0.3) is 0 Å². The van der Waals surface area contributed by atoms with Crippen LogP contribution >= 0.6 is 0 Å². The number of Topliss-reactive ketones (excluding diaryl/α,β-unsaturated/α-hetero) is 1. The number of nitrogens with one attached hydrogen (secondary N) is 2. The molecular weight excluding hydrogens is 292 g/mol. The van der Waals surface area contributed by atoms with Crippen molar-refractivity contribution in [3.63, 3.8) is 0 Å². The minimum Gasteiger partial charge on any atom is -0.492 e. The van der Waals surface area contributed by atoms with Gasteiger partial charge in [-0.05, 0) is 45.4 Å². The first kappa shape index (κ1) is 16.8. The highest BCUT2D eigenvalue weighted by atomic mass is 16.5. The summed E-state index contributed by atoms with van der Waals surface area (Å²) in [6, 6.07) is 7.74. The molecular formula is C18H22N2O3. The Morgan fingerprint density at radius 2 is 1.78 bits per heavy atom. The number of aromatic amines is 1. The van der Waals surface area contributed by atoms with E-state index < -0.39 is 0 Å². The van der Waals surface area contributed by atoms with Gasteiger partial charge < -0.3 is 15.0 Å². The molecule has 0 aliphatic rings. The number of amides is 1. The number of hydrogen-bond acceptors (Lipinski definition) is 3. The van der Waals surface area contributed by atoms with Gasteiger partial charge in [-0.1, -0.05) is 17.7 Å². The predicted molar refractivity (Wildman–Crippen MR) is 89.3 cm³/mol. The third kappa shape index (κ3) is 4.00. The summed E-state index contributed by atoms with van der Waals surface area (Å²) in [5.41, 5.74) is 3.60. The summed E-state index contributed by atoms with van der Waals surface area (Å²) in [5, 5.41) is 2.79. The third-order valence-electron chi connectivity index (χ3n) is 3.69. The van der Waals surface area contributed by atoms with Gasteiger partial charge >= 0.3 is 0 Å². The molecule has 0 spiro atoms. The van der Waals surface area contributed by atoms with Crippen LogP contribution in [-0.4, -0.2) is 29.8 Å². The van der Waals surface area contributed by atoms with Gasteiger partial charge in [-0.15, -0.1) is 0 Å². The van der Waals surface area contributed by atoms with Crippen molar-refractivity contribution >= 4 is 11.7 Å². The first-order chi connectivity index (χ1) is 10.9. The number of H-pyrrole nitrogens is 1. The van der Waals surface area contributed by atoms with Gasteiger partial charge in [-0.25, -0.2) is 0 Å². The first-order valence-electron chi connectivity index (χ1n) is 7.58. The van der Waals surface area contributed by atoms with Crippen LogP contribution in [0.15, 0.2) is 24.3 Å². The topological polar surface area (TPSA) is 71.2 Å². The van der Waals surface area contributed by atoms with Crippen LogP contribution in [0.2, 0.25) is 0 Å². The number of ketones is 1. The van der Waals surface area contributed by atoms with Crippen LogP contribution in [0, 0.1) is 20.8 Å². The highest BCUT2D eigenvalue weighted by Crippen LogP contribution is 2.18. The number of aromatic nitrogens is 1. The molecule has 2 aromatic rings. The van der Waals surface area contributed by atoms with E-state index in [0.29, 0.717) is 30.0 Å². The standard InChI is InChI=1S/C18H22N2O3/c1-11-5-7-15(8-6-11)23-10-9-19-18(22)17-12(2)16(14(4)21)13(3)20-17/h5-8,20H,9-10H2,1-4H3,(H,19,22). The average Bonchev–Trinajstić information content (AvgIpc) is 2.80. The van der Waals surface area contributed by atoms with E-state index in [-0.39, 0.29) is 11.7 Å². The van der Waals surface area contributed by atoms with Gasteiger partial charge in [-0.2, -0.15) is 0 Å². The first-order valence-corrected chi connectivity index (χ1v) is 7.58. The molecule has 23 heavy (non-hydrogen) atoms. The van der Waals surface area contributed by atoms with Gasteiger partial charge in [0.2, 0.25) is 0 Å². The zero-order chi connectivity index (χ0) is 17.0. The summed E-state index contributed by atoms with van der Waals surface area (Å²) in [4.78, 5) is 26.8. The molecule has 0 saturated carbocycles. The Hall–Kier alpha value is -2.56. The van der Waals surface area contributed by atoms with Crippen LogP contribution in [0.5, 0.6) is 5.75 Å². The maximum atomic E-state index is 12.2. The number of carbonyl (C=O) groups excluding carboxylic acids is 2. The van der Waals surface area contributed by atoms with Crippen molar-refractivity contribution < 1.29 is 14.3 Å². The third-order valence-corrected chi connectivity index (χ3v) is 3.69. The van der Waals surface area contributed by atoms with E-state index in [9.17, 15) is 9.59 Å². The van der Waals surface area contributed by atoms with Gasteiger partial charge in [0, 0.05) is 11.3 Å². The Morgan fingerprint density at radius 1 is 1.13 bits per heavy atom. The quantitative estimate of drug-likeness (QED) is 0.636. The normalized spacial score (nSPS) is 10.4. The van der Waals surface area contributed by atoms with Crippen molar-refractivity contribution in [1.82, 2.24) is 10.3 Å². The van der Waals surface area contributed by atoms with Crippen molar-refractivity contribution in [3.05, 3.63) is 52.3 Å². The van der Waals surface area contributed by atoms with Crippen molar-refractivity contribution in [2.45, 2.75) is 27.7 Å². The van der Waals surface area contributed by atoms with Gasteiger partial charge in [0.1, 0.15) is 18.1 Å². The summed E-state index contributed by atoms with van der Waals surface area (Å²) in [7, 11) is 0. The largest absolute Gasteiger partial charge is 0.492 e. The maximum absolute atomic E-state index is 12.2. The molecule has 1 aromatic carbocycles. The van der Waals surface area contributed by atoms with Crippen LogP contribution in [0.4, 0.5) is 0 Å². The summed E-state index contributed by atoms with van der Waals surface area (Å²) >= 11 is 0.